The molecule has 0 radical (unpaired) electrons. The maximum Gasteiger partial charge on any atom is 0.224 e. The quantitative estimate of drug-likeness (QED) is 0.870. The number of fused-ring (bicyclic) bond motifs is 1. The van der Waals surface area contributed by atoms with Gasteiger partial charge in [0, 0.05) is 19.2 Å². The van der Waals surface area contributed by atoms with Gasteiger partial charge in [0.1, 0.15) is 12.4 Å². The first-order valence-electron chi connectivity index (χ1n) is 6.96. The molecular formula is C15H19N3O2. The molecule has 2 unspecified atom stereocenters. The number of rotatable bonds is 3. The topological polar surface area (TPSA) is 70.3 Å². The highest BCUT2D eigenvalue weighted by molar-refractivity contribution is 5.85. The standard InChI is InChI=1S/C15H19N3O2/c1-19-11-3-2-4-12(8-11)20-15-13-6-5-10(16)7-14(13)17-9-18-15/h5-7,9,11-12H,2-4,8,16H2,1H3. The van der Waals surface area contributed by atoms with Gasteiger partial charge in [-0.15, -0.1) is 0 Å². The normalized spacial score (nSPS) is 22.9. The van der Waals surface area contributed by atoms with Crippen molar-refractivity contribution in [3.8, 4) is 5.88 Å². The summed E-state index contributed by atoms with van der Waals surface area (Å²) in [6.07, 6.45) is 6.16. The molecule has 1 aromatic carbocycles. The lowest BCUT2D eigenvalue weighted by Crippen LogP contribution is -2.29. The smallest absolute Gasteiger partial charge is 0.224 e. The second-order valence-corrected chi connectivity index (χ2v) is 5.22. The molecule has 20 heavy (non-hydrogen) atoms. The number of anilines is 1. The fourth-order valence-electron chi connectivity index (χ4n) is 2.72. The van der Waals surface area contributed by atoms with Crippen molar-refractivity contribution in [1.29, 1.82) is 0 Å². The molecule has 1 aliphatic carbocycles. The summed E-state index contributed by atoms with van der Waals surface area (Å²) in [4.78, 5) is 8.50. The van der Waals surface area contributed by atoms with E-state index in [0.717, 1.165) is 36.6 Å². The van der Waals surface area contributed by atoms with Crippen molar-refractivity contribution in [2.45, 2.75) is 37.9 Å². The molecular weight excluding hydrogens is 254 g/mol. The Morgan fingerprint density at radius 2 is 2.05 bits per heavy atom. The number of aromatic nitrogens is 2. The Balaban J connectivity index is 1.83. The molecule has 3 rings (SSSR count). The average Bonchev–Trinajstić information content (AvgIpc) is 2.47. The zero-order chi connectivity index (χ0) is 13.9. The Labute approximate surface area is 118 Å². The summed E-state index contributed by atoms with van der Waals surface area (Å²) in [5.74, 6) is 0.636. The monoisotopic (exact) mass is 273 g/mol. The lowest BCUT2D eigenvalue weighted by atomic mass is 9.95. The summed E-state index contributed by atoms with van der Waals surface area (Å²) in [6.45, 7) is 0. The SMILES string of the molecule is COC1CCCC(Oc2ncnc3cc(N)ccc23)C1. The minimum atomic E-state index is 0.157. The van der Waals surface area contributed by atoms with Crippen molar-refractivity contribution in [1.82, 2.24) is 9.97 Å². The highest BCUT2D eigenvalue weighted by atomic mass is 16.5. The van der Waals surface area contributed by atoms with E-state index in [1.807, 2.05) is 18.2 Å². The minimum Gasteiger partial charge on any atom is -0.474 e. The van der Waals surface area contributed by atoms with Gasteiger partial charge in [-0.1, -0.05) is 0 Å². The molecule has 2 aromatic rings. The Hall–Kier alpha value is -1.88. The zero-order valence-electron chi connectivity index (χ0n) is 11.6. The van der Waals surface area contributed by atoms with Gasteiger partial charge in [0.25, 0.3) is 0 Å². The van der Waals surface area contributed by atoms with Crippen LogP contribution in [-0.4, -0.2) is 29.3 Å². The first kappa shape index (κ1) is 13.1. The van der Waals surface area contributed by atoms with Crippen molar-refractivity contribution in [2.24, 2.45) is 0 Å². The number of hydrogen-bond acceptors (Lipinski definition) is 5. The molecule has 2 atom stereocenters. The number of nitrogens with two attached hydrogens (primary N) is 1. The van der Waals surface area contributed by atoms with E-state index in [-0.39, 0.29) is 12.2 Å². The van der Waals surface area contributed by atoms with Crippen LogP contribution in [0.15, 0.2) is 24.5 Å². The molecule has 2 N–H and O–H groups in total. The van der Waals surface area contributed by atoms with Crippen LogP contribution < -0.4 is 10.5 Å². The fourth-order valence-corrected chi connectivity index (χ4v) is 2.72. The van der Waals surface area contributed by atoms with Gasteiger partial charge in [0.2, 0.25) is 5.88 Å². The van der Waals surface area contributed by atoms with Gasteiger partial charge in [0.05, 0.1) is 17.0 Å². The average molecular weight is 273 g/mol. The number of methoxy groups -OCH3 is 1. The maximum absolute atomic E-state index is 6.07. The number of nitrogen functional groups attached to an aromatic ring is 1. The van der Waals surface area contributed by atoms with Crippen molar-refractivity contribution < 1.29 is 9.47 Å². The summed E-state index contributed by atoms with van der Waals surface area (Å²) in [5, 5.41) is 0.904. The third kappa shape index (κ3) is 2.67. The van der Waals surface area contributed by atoms with E-state index >= 15 is 0 Å². The van der Waals surface area contributed by atoms with E-state index in [1.165, 1.54) is 6.33 Å². The zero-order valence-corrected chi connectivity index (χ0v) is 11.6. The molecule has 1 aromatic heterocycles. The Bertz CT molecular complexity index is 603. The largest absolute Gasteiger partial charge is 0.474 e. The first-order chi connectivity index (χ1) is 9.76. The van der Waals surface area contributed by atoms with Crippen LogP contribution in [-0.2, 0) is 4.74 Å². The van der Waals surface area contributed by atoms with Crippen LogP contribution in [0.25, 0.3) is 10.9 Å². The van der Waals surface area contributed by atoms with Gasteiger partial charge in [-0.25, -0.2) is 9.97 Å². The number of benzene rings is 1. The van der Waals surface area contributed by atoms with Crippen LogP contribution in [0.3, 0.4) is 0 Å². The van der Waals surface area contributed by atoms with Crippen LogP contribution in [0, 0.1) is 0 Å². The summed E-state index contributed by atoms with van der Waals surface area (Å²) < 4.78 is 11.5. The van der Waals surface area contributed by atoms with E-state index in [1.54, 1.807) is 7.11 Å². The van der Waals surface area contributed by atoms with Crippen LogP contribution in [0.2, 0.25) is 0 Å². The van der Waals surface area contributed by atoms with E-state index in [4.69, 9.17) is 15.2 Å². The molecule has 1 fully saturated rings. The van der Waals surface area contributed by atoms with Crippen molar-refractivity contribution >= 4 is 16.6 Å². The first-order valence-corrected chi connectivity index (χ1v) is 6.96. The lowest BCUT2D eigenvalue weighted by Gasteiger charge is -2.28. The molecule has 1 heterocycles. The molecule has 1 saturated carbocycles. The van der Waals surface area contributed by atoms with Crippen molar-refractivity contribution in [2.75, 3.05) is 12.8 Å². The third-order valence-electron chi connectivity index (χ3n) is 3.81. The van der Waals surface area contributed by atoms with Gasteiger partial charge in [0.15, 0.2) is 0 Å². The van der Waals surface area contributed by atoms with Gasteiger partial charge in [-0.05, 0) is 37.5 Å². The van der Waals surface area contributed by atoms with E-state index in [2.05, 4.69) is 9.97 Å². The molecule has 0 bridgehead atoms. The molecule has 5 nitrogen and oxygen atoms in total. The van der Waals surface area contributed by atoms with Crippen LogP contribution >= 0.6 is 0 Å². The van der Waals surface area contributed by atoms with Crippen LogP contribution in [0.4, 0.5) is 5.69 Å². The molecule has 0 amide bonds. The highest BCUT2D eigenvalue weighted by Crippen LogP contribution is 2.28. The van der Waals surface area contributed by atoms with Crippen LogP contribution in [0.1, 0.15) is 25.7 Å². The molecule has 1 aliphatic rings. The summed E-state index contributed by atoms with van der Waals surface area (Å²) in [7, 11) is 1.76. The molecule has 5 heteroatoms. The highest BCUT2D eigenvalue weighted by Gasteiger charge is 2.24. The third-order valence-corrected chi connectivity index (χ3v) is 3.81. The van der Waals surface area contributed by atoms with Crippen molar-refractivity contribution in [3.63, 3.8) is 0 Å². The van der Waals surface area contributed by atoms with E-state index in [0.29, 0.717) is 11.6 Å². The fraction of sp³-hybridized carbons (Fsp3) is 0.467. The number of hydrogen-bond donors (Lipinski definition) is 1. The molecule has 0 aliphatic heterocycles. The Morgan fingerprint density at radius 3 is 2.90 bits per heavy atom. The summed E-state index contributed by atoms with van der Waals surface area (Å²) in [6, 6.07) is 5.59. The van der Waals surface area contributed by atoms with Crippen LogP contribution in [0.5, 0.6) is 5.88 Å². The second kappa shape index (κ2) is 5.63. The Morgan fingerprint density at radius 1 is 1.20 bits per heavy atom. The van der Waals surface area contributed by atoms with Gasteiger partial charge in [-0.3, -0.25) is 0 Å². The number of ether oxygens (including phenoxy) is 2. The Kier molecular flexibility index (Phi) is 3.69. The molecule has 0 spiro atoms. The molecule has 106 valence electrons. The second-order valence-electron chi connectivity index (χ2n) is 5.22. The predicted molar refractivity (Wildman–Crippen MR) is 77.6 cm³/mol. The lowest BCUT2D eigenvalue weighted by molar-refractivity contribution is 0.0200. The van der Waals surface area contributed by atoms with E-state index in [9.17, 15) is 0 Å². The minimum absolute atomic E-state index is 0.157. The van der Waals surface area contributed by atoms with Crippen molar-refractivity contribution in [3.05, 3.63) is 24.5 Å². The van der Waals surface area contributed by atoms with Gasteiger partial charge >= 0.3 is 0 Å². The molecule has 0 saturated heterocycles. The number of nitrogens with zero attached hydrogens (tertiary/aromatic N) is 2. The summed E-state index contributed by atoms with van der Waals surface area (Å²) in [5.41, 5.74) is 7.28. The maximum atomic E-state index is 6.07. The van der Waals surface area contributed by atoms with Gasteiger partial charge < -0.3 is 15.2 Å². The van der Waals surface area contributed by atoms with Gasteiger partial charge in [-0.2, -0.15) is 0 Å². The summed E-state index contributed by atoms with van der Waals surface area (Å²) >= 11 is 0. The van der Waals surface area contributed by atoms with E-state index < -0.39 is 0 Å². The predicted octanol–water partition coefficient (Wildman–Crippen LogP) is 2.55.